The Kier molecular flexibility index (Phi) is 11700. The van der Waals surface area contributed by atoms with Gasteiger partial charge < -0.3 is 12.9 Å². The molecule has 2 heteroatoms. The summed E-state index contributed by atoms with van der Waals surface area (Å²) in [6, 6.07) is 0. The maximum atomic E-state index is 0. The second-order valence-corrected chi connectivity index (χ2v) is 0. The van der Waals surface area contributed by atoms with Gasteiger partial charge in [0.25, 0.3) is 0 Å². The molecule has 2 N–H and O–H groups in total. The third-order valence-electron chi connectivity index (χ3n) is 0. The molecular weight excluding hydrogens is 165 g/mol. The van der Waals surface area contributed by atoms with Gasteiger partial charge in [0.15, 0.2) is 0 Å². The predicted octanol–water partition coefficient (Wildman–Crippen LogP) is 2.17. The van der Waals surface area contributed by atoms with Gasteiger partial charge in [0.1, 0.15) is 0 Å². The first-order valence-corrected chi connectivity index (χ1v) is 0. The molecule has 0 aliphatic carbocycles. The van der Waals surface area contributed by atoms with Crippen LogP contribution in [0.2, 0.25) is 0 Å². The normalized spacial score (nSPS) is 0. The van der Waals surface area contributed by atoms with Crippen LogP contribution < -0.4 is 0 Å². The van der Waals surface area contributed by atoms with Crippen LogP contribution in [0.1, 0.15) is 29.7 Å². The summed E-state index contributed by atoms with van der Waals surface area (Å²) in [5.41, 5.74) is 0. The molecule has 0 saturated heterocycles. The van der Waals surface area contributed by atoms with Crippen LogP contribution in [-0.2, 0) is 32.7 Å². The van der Waals surface area contributed by atoms with E-state index in [1.54, 1.807) is 0 Å². The van der Waals surface area contributed by atoms with E-state index in [2.05, 4.69) is 0 Å². The molecule has 7 heavy (non-hydrogen) atoms. The fourth-order valence-electron chi connectivity index (χ4n) is 0. The Hall–Kier alpha value is 1.06. The fourth-order valence-corrected chi connectivity index (χ4v) is 0. The molecule has 0 rings (SSSR count). The molecule has 0 bridgehead atoms. The molecule has 0 aliphatic rings. The second-order valence-electron chi connectivity index (χ2n) is 0. The van der Waals surface area contributed by atoms with E-state index in [9.17, 15) is 0 Å². The molecule has 0 aromatic heterocycles. The van der Waals surface area contributed by atoms with Gasteiger partial charge in [0.2, 0.25) is 0 Å². The predicted molar refractivity (Wildman–Crippen MR) is 37.0 cm³/mol. The summed E-state index contributed by atoms with van der Waals surface area (Å²) in [5, 5.41) is 0. The van der Waals surface area contributed by atoms with E-state index in [1.807, 2.05) is 0 Å². The monoisotopic (exact) mass is 186 g/mol. The van der Waals surface area contributed by atoms with Crippen molar-refractivity contribution in [1.29, 1.82) is 0 Å². The number of rotatable bonds is 0. The summed E-state index contributed by atoms with van der Waals surface area (Å²) in [7, 11) is 0. The van der Waals surface area contributed by atoms with Crippen molar-refractivity contribution in [3.8, 4) is 0 Å². The van der Waals surface area contributed by atoms with Gasteiger partial charge in [-0.25, -0.2) is 0 Å². The third kappa shape index (κ3) is 160. The molecule has 0 fully saturated rings. The molecular formula is C5H21OY-. The van der Waals surface area contributed by atoms with Crippen LogP contribution in [0.25, 0.3) is 0 Å². The van der Waals surface area contributed by atoms with E-state index in [0.717, 1.165) is 0 Å². The molecule has 1 nitrogen and oxygen atoms in total. The van der Waals surface area contributed by atoms with Crippen LogP contribution in [0, 0.1) is 7.43 Å². The zero-order valence-corrected chi connectivity index (χ0v) is 4.92. The Balaban J connectivity index is 0. The first kappa shape index (κ1) is 355. The summed E-state index contributed by atoms with van der Waals surface area (Å²) in [6.45, 7) is 0. The Morgan fingerprint density at radius 3 is 0.571 bits per heavy atom. The van der Waals surface area contributed by atoms with Crippen LogP contribution in [0.5, 0.6) is 0 Å². The van der Waals surface area contributed by atoms with Gasteiger partial charge in [-0.3, -0.25) is 0 Å². The van der Waals surface area contributed by atoms with Crippen molar-refractivity contribution < 1.29 is 38.2 Å². The van der Waals surface area contributed by atoms with E-state index in [1.165, 1.54) is 0 Å². The molecule has 0 amide bonds. The van der Waals surface area contributed by atoms with Gasteiger partial charge in [-0.2, -0.15) is 0 Å². The van der Waals surface area contributed by atoms with Crippen molar-refractivity contribution in [1.82, 2.24) is 0 Å². The van der Waals surface area contributed by atoms with Crippen molar-refractivity contribution in [2.75, 3.05) is 0 Å². The minimum atomic E-state index is 0. The summed E-state index contributed by atoms with van der Waals surface area (Å²) >= 11 is 0. The van der Waals surface area contributed by atoms with E-state index in [0.29, 0.717) is 0 Å². The Bertz CT molecular complexity index is 8.04. The van der Waals surface area contributed by atoms with Crippen molar-refractivity contribution in [2.24, 2.45) is 0 Å². The fraction of sp³-hybridized carbons (Fsp3) is 0.800. The number of hydrogen-bond acceptors (Lipinski definition) is 0. The van der Waals surface area contributed by atoms with Crippen molar-refractivity contribution >= 4 is 0 Å². The molecule has 0 aromatic rings. The maximum absolute atomic E-state index is 0. The molecule has 0 heterocycles. The van der Waals surface area contributed by atoms with Crippen molar-refractivity contribution in [3.63, 3.8) is 0 Å². The number of hydrogen-bond donors (Lipinski definition) is 0. The Labute approximate surface area is 75.1 Å². The van der Waals surface area contributed by atoms with Crippen LogP contribution in [0.3, 0.4) is 0 Å². The average Bonchev–Trinajstić information content (AvgIpc) is 0. The molecule has 0 atom stereocenters. The van der Waals surface area contributed by atoms with Crippen LogP contribution in [-0.4, -0.2) is 5.48 Å². The molecule has 0 spiro atoms. The molecule has 0 unspecified atom stereocenters. The summed E-state index contributed by atoms with van der Waals surface area (Å²) in [5.74, 6) is 0. The van der Waals surface area contributed by atoms with Gasteiger partial charge in [-0.1, -0.05) is 29.7 Å². The molecule has 0 aliphatic heterocycles. The second kappa shape index (κ2) is 229. The van der Waals surface area contributed by atoms with Gasteiger partial charge in [0, 0.05) is 32.7 Å². The van der Waals surface area contributed by atoms with E-state index in [-0.39, 0.29) is 75.3 Å². The molecule has 51 valence electrons. The van der Waals surface area contributed by atoms with Crippen molar-refractivity contribution in [3.05, 3.63) is 7.43 Å². The standard InChI is InChI=1S/4CH4.CH3.H2O.Y/h4*1H4;1H3;1H2;/q;;;;-1;;. The van der Waals surface area contributed by atoms with Crippen LogP contribution in [0.15, 0.2) is 0 Å². The Morgan fingerprint density at radius 2 is 0.571 bits per heavy atom. The summed E-state index contributed by atoms with van der Waals surface area (Å²) < 4.78 is 0. The minimum Gasteiger partial charge on any atom is -0.412 e. The average molecular weight is 186 g/mol. The maximum Gasteiger partial charge on any atom is 0 e. The topological polar surface area (TPSA) is 31.5 Å². The first-order chi connectivity index (χ1) is 0. The quantitative estimate of drug-likeness (QED) is 0.519. The largest absolute Gasteiger partial charge is 0.412 e. The first-order valence-electron chi connectivity index (χ1n) is 0. The van der Waals surface area contributed by atoms with Crippen LogP contribution in [0.4, 0.5) is 0 Å². The third-order valence-corrected chi connectivity index (χ3v) is 0. The van der Waals surface area contributed by atoms with E-state index < -0.39 is 0 Å². The van der Waals surface area contributed by atoms with Gasteiger partial charge >= 0.3 is 0 Å². The molecule has 1 radical (unpaired) electrons. The van der Waals surface area contributed by atoms with Gasteiger partial charge in [-0.15, -0.1) is 0 Å². The molecule has 0 saturated carbocycles. The summed E-state index contributed by atoms with van der Waals surface area (Å²) in [6.07, 6.45) is 0. The zero-order valence-electron chi connectivity index (χ0n) is 2.08. The van der Waals surface area contributed by atoms with E-state index >= 15 is 0 Å². The smallest absolute Gasteiger partial charge is 0 e. The minimum absolute atomic E-state index is 0. The van der Waals surface area contributed by atoms with Gasteiger partial charge in [-0.05, 0) is 0 Å². The van der Waals surface area contributed by atoms with E-state index in [4.69, 9.17) is 0 Å². The molecule has 0 aromatic carbocycles. The van der Waals surface area contributed by atoms with Crippen molar-refractivity contribution in [2.45, 2.75) is 29.7 Å². The summed E-state index contributed by atoms with van der Waals surface area (Å²) in [4.78, 5) is 0. The zero-order chi connectivity index (χ0) is 0. The Morgan fingerprint density at radius 1 is 0.571 bits per heavy atom. The SMILES string of the molecule is C.C.C.C.O.[CH3-].[Y]. The van der Waals surface area contributed by atoms with Gasteiger partial charge in [0.05, 0.1) is 0 Å². The van der Waals surface area contributed by atoms with Crippen LogP contribution >= 0.6 is 0 Å².